The molecule has 0 bridgehead atoms. The molecule has 0 aromatic heterocycles. The lowest BCUT2D eigenvalue weighted by molar-refractivity contribution is 0.0189. The highest BCUT2D eigenvalue weighted by atomic mass is 16.5. The molecular formula is C13H28O2. The van der Waals surface area contributed by atoms with Gasteiger partial charge in [0, 0.05) is 13.2 Å². The second-order valence-electron chi connectivity index (χ2n) is 4.33. The van der Waals surface area contributed by atoms with Crippen LogP contribution in [0.15, 0.2) is 0 Å². The highest BCUT2D eigenvalue weighted by molar-refractivity contribution is 4.77. The first kappa shape index (κ1) is 14.9. The van der Waals surface area contributed by atoms with E-state index < -0.39 is 0 Å². The highest BCUT2D eigenvalue weighted by Gasteiger charge is 2.26. The van der Waals surface area contributed by atoms with E-state index in [1.54, 1.807) is 0 Å². The summed E-state index contributed by atoms with van der Waals surface area (Å²) in [4.78, 5) is 0. The van der Waals surface area contributed by atoms with Gasteiger partial charge in [0.25, 0.3) is 0 Å². The molecule has 0 saturated heterocycles. The maximum Gasteiger partial charge on any atom is 0.0575 e. The summed E-state index contributed by atoms with van der Waals surface area (Å²) >= 11 is 0. The van der Waals surface area contributed by atoms with E-state index in [2.05, 4.69) is 13.8 Å². The Bertz CT molecular complexity index is 136. The topological polar surface area (TPSA) is 29.5 Å². The maximum atomic E-state index is 8.61. The van der Waals surface area contributed by atoms with E-state index in [1.165, 1.54) is 19.3 Å². The van der Waals surface area contributed by atoms with Gasteiger partial charge >= 0.3 is 0 Å². The Morgan fingerprint density at radius 3 is 2.47 bits per heavy atom. The fraction of sp³-hybridized carbons (Fsp3) is 1.00. The summed E-state index contributed by atoms with van der Waals surface area (Å²) in [5, 5.41) is 8.61. The first-order chi connectivity index (χ1) is 7.24. The van der Waals surface area contributed by atoms with Crippen LogP contribution in [0.3, 0.4) is 0 Å². The third kappa shape index (κ3) is 6.16. The summed E-state index contributed by atoms with van der Waals surface area (Å²) in [5.74, 6) is 1.64. The van der Waals surface area contributed by atoms with Crippen LogP contribution in [0.25, 0.3) is 0 Å². The fourth-order valence-electron chi connectivity index (χ4n) is 2.15. The number of ether oxygens (including phenoxy) is 1. The lowest BCUT2D eigenvalue weighted by Gasteiger charge is -2.19. The average Bonchev–Trinajstić information content (AvgIpc) is 2.68. The van der Waals surface area contributed by atoms with Crippen molar-refractivity contribution in [3.8, 4) is 0 Å². The highest BCUT2D eigenvalue weighted by Crippen LogP contribution is 2.33. The monoisotopic (exact) mass is 216 g/mol. The molecule has 2 nitrogen and oxygen atoms in total. The third-order valence-electron chi connectivity index (χ3n) is 3.08. The van der Waals surface area contributed by atoms with Gasteiger partial charge < -0.3 is 9.84 Å². The standard InChI is InChI=1S/C11H22O2.C2H6/c1-9-4-5-11(8-9)10(2)13-7-3-6-12;1-2/h9-12H,3-8H2,1-2H3;1-2H3. The molecule has 3 atom stereocenters. The van der Waals surface area contributed by atoms with E-state index in [-0.39, 0.29) is 6.61 Å². The minimum Gasteiger partial charge on any atom is -0.396 e. The van der Waals surface area contributed by atoms with Gasteiger partial charge in [-0.25, -0.2) is 0 Å². The van der Waals surface area contributed by atoms with Crippen LogP contribution >= 0.6 is 0 Å². The van der Waals surface area contributed by atoms with Crippen molar-refractivity contribution in [1.29, 1.82) is 0 Å². The molecule has 1 aliphatic rings. The number of rotatable bonds is 5. The Kier molecular flexibility index (Phi) is 9.12. The molecule has 1 N–H and O–H groups in total. The first-order valence-corrected chi connectivity index (χ1v) is 6.46. The van der Waals surface area contributed by atoms with Crippen molar-refractivity contribution in [3.63, 3.8) is 0 Å². The van der Waals surface area contributed by atoms with Gasteiger partial charge in [-0.3, -0.25) is 0 Å². The summed E-state index contributed by atoms with van der Waals surface area (Å²) in [6.07, 6.45) is 5.16. The molecule has 1 fully saturated rings. The Morgan fingerprint density at radius 2 is 2.00 bits per heavy atom. The van der Waals surface area contributed by atoms with E-state index in [9.17, 15) is 0 Å². The van der Waals surface area contributed by atoms with Gasteiger partial charge in [-0.05, 0) is 38.0 Å². The second-order valence-corrected chi connectivity index (χ2v) is 4.33. The SMILES string of the molecule is CC.CC1CCC(C(C)OCCCO)C1. The summed E-state index contributed by atoms with van der Waals surface area (Å²) in [5.41, 5.74) is 0. The zero-order chi connectivity index (χ0) is 11.7. The molecule has 0 spiro atoms. The van der Waals surface area contributed by atoms with Crippen LogP contribution in [0, 0.1) is 11.8 Å². The van der Waals surface area contributed by atoms with Crippen molar-refractivity contribution >= 4 is 0 Å². The lowest BCUT2D eigenvalue weighted by Crippen LogP contribution is -2.19. The molecule has 1 aliphatic carbocycles. The molecule has 92 valence electrons. The number of hydrogen-bond acceptors (Lipinski definition) is 2. The van der Waals surface area contributed by atoms with Crippen LogP contribution in [0.4, 0.5) is 0 Å². The Hall–Kier alpha value is -0.0800. The van der Waals surface area contributed by atoms with E-state index in [4.69, 9.17) is 9.84 Å². The second kappa shape index (κ2) is 9.17. The Morgan fingerprint density at radius 1 is 1.33 bits per heavy atom. The number of hydrogen-bond donors (Lipinski definition) is 1. The largest absolute Gasteiger partial charge is 0.396 e. The van der Waals surface area contributed by atoms with Crippen LogP contribution < -0.4 is 0 Å². The number of aliphatic hydroxyl groups excluding tert-OH is 1. The Labute approximate surface area is 95.0 Å². The van der Waals surface area contributed by atoms with Crippen LogP contribution in [-0.2, 0) is 4.74 Å². The minimum atomic E-state index is 0.244. The van der Waals surface area contributed by atoms with Crippen molar-refractivity contribution in [2.24, 2.45) is 11.8 Å². The lowest BCUT2D eigenvalue weighted by atomic mass is 10.0. The molecule has 0 heterocycles. The van der Waals surface area contributed by atoms with E-state index in [0.29, 0.717) is 12.7 Å². The van der Waals surface area contributed by atoms with E-state index in [0.717, 1.165) is 18.3 Å². The Balaban J connectivity index is 0.000000921. The third-order valence-corrected chi connectivity index (χ3v) is 3.08. The normalized spacial score (nSPS) is 27.0. The van der Waals surface area contributed by atoms with Crippen LogP contribution in [0.2, 0.25) is 0 Å². The first-order valence-electron chi connectivity index (χ1n) is 6.46. The predicted molar refractivity (Wildman–Crippen MR) is 65.0 cm³/mol. The molecule has 0 aliphatic heterocycles. The minimum absolute atomic E-state index is 0.244. The summed E-state index contributed by atoms with van der Waals surface area (Å²) in [6, 6.07) is 0. The molecule has 3 unspecified atom stereocenters. The van der Waals surface area contributed by atoms with Gasteiger partial charge in [0.2, 0.25) is 0 Å². The predicted octanol–water partition coefficient (Wildman–Crippen LogP) is 3.24. The zero-order valence-electron chi connectivity index (χ0n) is 10.8. The van der Waals surface area contributed by atoms with Crippen LogP contribution in [-0.4, -0.2) is 24.4 Å². The molecule has 2 heteroatoms. The molecule has 0 radical (unpaired) electrons. The van der Waals surface area contributed by atoms with Gasteiger partial charge in [0.15, 0.2) is 0 Å². The van der Waals surface area contributed by atoms with Gasteiger partial charge in [-0.1, -0.05) is 27.2 Å². The summed E-state index contributed by atoms with van der Waals surface area (Å²) in [6.45, 7) is 9.44. The van der Waals surface area contributed by atoms with Crippen molar-refractivity contribution in [2.75, 3.05) is 13.2 Å². The quantitative estimate of drug-likeness (QED) is 0.715. The number of aliphatic hydroxyl groups is 1. The van der Waals surface area contributed by atoms with E-state index in [1.807, 2.05) is 13.8 Å². The average molecular weight is 216 g/mol. The van der Waals surface area contributed by atoms with Crippen molar-refractivity contribution < 1.29 is 9.84 Å². The molecule has 1 saturated carbocycles. The molecule has 15 heavy (non-hydrogen) atoms. The fourth-order valence-corrected chi connectivity index (χ4v) is 2.15. The molecule has 0 aromatic carbocycles. The summed E-state index contributed by atoms with van der Waals surface area (Å²) < 4.78 is 5.65. The smallest absolute Gasteiger partial charge is 0.0575 e. The maximum absolute atomic E-state index is 8.61. The van der Waals surface area contributed by atoms with Gasteiger partial charge in [-0.15, -0.1) is 0 Å². The van der Waals surface area contributed by atoms with Gasteiger partial charge in [0.1, 0.15) is 0 Å². The van der Waals surface area contributed by atoms with E-state index >= 15 is 0 Å². The van der Waals surface area contributed by atoms with Gasteiger partial charge in [-0.2, -0.15) is 0 Å². The van der Waals surface area contributed by atoms with Crippen molar-refractivity contribution in [2.45, 2.75) is 59.5 Å². The van der Waals surface area contributed by atoms with Gasteiger partial charge in [0.05, 0.1) is 6.10 Å². The van der Waals surface area contributed by atoms with Crippen molar-refractivity contribution in [1.82, 2.24) is 0 Å². The zero-order valence-corrected chi connectivity index (χ0v) is 10.8. The van der Waals surface area contributed by atoms with Crippen LogP contribution in [0.5, 0.6) is 0 Å². The molecular weight excluding hydrogens is 188 g/mol. The molecule has 0 amide bonds. The van der Waals surface area contributed by atoms with Crippen molar-refractivity contribution in [3.05, 3.63) is 0 Å². The molecule has 1 rings (SSSR count). The molecule has 0 aromatic rings. The van der Waals surface area contributed by atoms with Crippen LogP contribution in [0.1, 0.15) is 53.4 Å². The summed E-state index contributed by atoms with van der Waals surface area (Å²) in [7, 11) is 0.